The van der Waals surface area contributed by atoms with Crippen LogP contribution in [0.15, 0.2) is 42.5 Å². The van der Waals surface area contributed by atoms with Crippen molar-refractivity contribution in [1.29, 1.82) is 0 Å². The Morgan fingerprint density at radius 3 is 2.64 bits per heavy atom. The molecule has 0 amide bonds. The summed E-state index contributed by atoms with van der Waals surface area (Å²) in [5.41, 5.74) is 2.34. The summed E-state index contributed by atoms with van der Waals surface area (Å²) in [7, 11) is 4.06. The fourth-order valence-corrected chi connectivity index (χ4v) is 4.49. The third-order valence-corrected chi connectivity index (χ3v) is 5.52. The maximum absolute atomic E-state index is 14.0. The first kappa shape index (κ1) is 16.7. The Labute approximate surface area is 148 Å². The highest BCUT2D eigenvalue weighted by atomic mass is 19.1. The van der Waals surface area contributed by atoms with Crippen LogP contribution in [0.3, 0.4) is 0 Å². The number of aliphatic hydroxyl groups is 1. The lowest BCUT2D eigenvalue weighted by Gasteiger charge is -2.28. The summed E-state index contributed by atoms with van der Waals surface area (Å²) in [5.74, 6) is -0.172. The van der Waals surface area contributed by atoms with E-state index in [-0.39, 0.29) is 23.9 Å². The minimum atomic E-state index is -1.16. The molecule has 132 valence electrons. The average molecular weight is 341 g/mol. The van der Waals surface area contributed by atoms with Crippen LogP contribution in [0, 0.1) is 5.82 Å². The molecule has 25 heavy (non-hydrogen) atoms. The van der Waals surface area contributed by atoms with Gasteiger partial charge in [-0.1, -0.05) is 30.3 Å². The molecular formula is C21H24FNO2. The second kappa shape index (κ2) is 5.90. The maximum Gasteiger partial charge on any atom is 0.123 e. The average Bonchev–Trinajstić information content (AvgIpc) is 2.94. The highest BCUT2D eigenvalue weighted by Gasteiger charge is 2.46. The number of nitrogens with zero attached hydrogens (tertiary/aromatic N) is 1. The highest BCUT2D eigenvalue weighted by molar-refractivity contribution is 5.50. The summed E-state index contributed by atoms with van der Waals surface area (Å²) in [6, 6.07) is 12.7. The second-order valence-corrected chi connectivity index (χ2v) is 7.67. The van der Waals surface area contributed by atoms with Crippen LogP contribution in [0.4, 0.5) is 4.39 Å². The molecular weight excluding hydrogens is 317 g/mol. The fraction of sp³-hybridized carbons (Fsp3) is 0.429. The van der Waals surface area contributed by atoms with Crippen molar-refractivity contribution in [3.8, 4) is 0 Å². The van der Waals surface area contributed by atoms with Crippen molar-refractivity contribution < 1.29 is 14.2 Å². The van der Waals surface area contributed by atoms with E-state index in [1.54, 1.807) is 13.0 Å². The van der Waals surface area contributed by atoms with E-state index < -0.39 is 5.60 Å². The number of fused-ring (bicyclic) bond motifs is 5. The van der Waals surface area contributed by atoms with Crippen molar-refractivity contribution in [3.05, 3.63) is 70.5 Å². The van der Waals surface area contributed by atoms with E-state index in [1.807, 2.05) is 32.3 Å². The number of rotatable bonds is 2. The van der Waals surface area contributed by atoms with Gasteiger partial charge in [0.25, 0.3) is 0 Å². The van der Waals surface area contributed by atoms with E-state index in [0.29, 0.717) is 0 Å². The third kappa shape index (κ3) is 2.69. The van der Waals surface area contributed by atoms with Crippen LogP contribution in [0.5, 0.6) is 0 Å². The largest absolute Gasteiger partial charge is 0.381 e. The van der Waals surface area contributed by atoms with Gasteiger partial charge in [-0.3, -0.25) is 0 Å². The van der Waals surface area contributed by atoms with E-state index in [2.05, 4.69) is 11.0 Å². The zero-order valence-corrected chi connectivity index (χ0v) is 14.9. The smallest absolute Gasteiger partial charge is 0.123 e. The number of ether oxygens (including phenoxy) is 1. The zero-order valence-electron chi connectivity index (χ0n) is 14.9. The Morgan fingerprint density at radius 2 is 1.88 bits per heavy atom. The monoisotopic (exact) mass is 341 g/mol. The molecule has 0 unspecified atom stereocenters. The Bertz CT molecular complexity index is 802. The van der Waals surface area contributed by atoms with E-state index in [0.717, 1.165) is 35.2 Å². The van der Waals surface area contributed by atoms with Gasteiger partial charge in [0.1, 0.15) is 11.4 Å². The van der Waals surface area contributed by atoms with Crippen LogP contribution < -0.4 is 0 Å². The maximum atomic E-state index is 14.0. The van der Waals surface area contributed by atoms with Crippen LogP contribution >= 0.6 is 0 Å². The van der Waals surface area contributed by atoms with E-state index >= 15 is 0 Å². The van der Waals surface area contributed by atoms with Crippen LogP contribution in [0.1, 0.15) is 47.6 Å². The van der Waals surface area contributed by atoms with Crippen molar-refractivity contribution in [2.75, 3.05) is 20.6 Å². The molecule has 1 heterocycles. The molecule has 4 rings (SSSR count). The van der Waals surface area contributed by atoms with Crippen molar-refractivity contribution in [3.63, 3.8) is 0 Å². The number of hydrogen-bond donors (Lipinski definition) is 1. The van der Waals surface area contributed by atoms with Crippen molar-refractivity contribution in [2.24, 2.45) is 0 Å². The summed E-state index contributed by atoms with van der Waals surface area (Å²) < 4.78 is 20.4. The first-order valence-corrected chi connectivity index (χ1v) is 8.80. The summed E-state index contributed by atoms with van der Waals surface area (Å²) >= 11 is 0. The van der Waals surface area contributed by atoms with E-state index in [4.69, 9.17) is 4.74 Å². The minimum Gasteiger partial charge on any atom is -0.381 e. The van der Waals surface area contributed by atoms with Gasteiger partial charge in [0.05, 0.1) is 12.2 Å². The molecule has 1 aliphatic heterocycles. The summed E-state index contributed by atoms with van der Waals surface area (Å²) in [6.45, 7) is 2.62. The SMILES string of the molecule is CN(C)C[C@H]1C[C@@H]2c3ccccc3[C@](C)(O)c3ccc(F)cc3[C@H]2O1. The first-order chi connectivity index (χ1) is 11.9. The molecule has 1 aliphatic carbocycles. The molecule has 3 nitrogen and oxygen atoms in total. The molecule has 1 N–H and O–H groups in total. The lowest BCUT2D eigenvalue weighted by molar-refractivity contribution is 0.0253. The molecule has 2 aromatic carbocycles. The van der Waals surface area contributed by atoms with Crippen LogP contribution in [0.2, 0.25) is 0 Å². The minimum absolute atomic E-state index is 0.0947. The third-order valence-electron chi connectivity index (χ3n) is 5.52. The molecule has 1 fully saturated rings. The number of likely N-dealkylation sites (N-methyl/N-ethyl adjacent to an activating group) is 1. The standard InChI is InChI=1S/C21H24FNO2/c1-21(24)18-7-5-4-6-15(18)16-11-14(12-23(2)3)25-20(16)17-10-13(22)8-9-19(17)21/h4-10,14,16,20,24H,11-12H2,1-3H3/t14-,16-,20+,21+/m1/s1. The lowest BCUT2D eigenvalue weighted by atomic mass is 9.83. The Hall–Kier alpha value is -1.75. The highest BCUT2D eigenvalue weighted by Crippen LogP contribution is 2.53. The molecule has 2 aromatic rings. The van der Waals surface area contributed by atoms with E-state index in [9.17, 15) is 9.50 Å². The second-order valence-electron chi connectivity index (χ2n) is 7.67. The van der Waals surface area contributed by atoms with Crippen molar-refractivity contribution in [1.82, 2.24) is 4.90 Å². The summed E-state index contributed by atoms with van der Waals surface area (Å²) in [6.07, 6.45) is 0.731. The lowest BCUT2D eigenvalue weighted by Crippen LogP contribution is -2.27. The van der Waals surface area contributed by atoms with Gasteiger partial charge in [-0.05, 0) is 61.8 Å². The zero-order chi connectivity index (χ0) is 17.8. The Kier molecular flexibility index (Phi) is 3.95. The number of benzene rings is 2. The van der Waals surface area contributed by atoms with Gasteiger partial charge in [0.15, 0.2) is 0 Å². The predicted octanol–water partition coefficient (Wildman–Crippen LogP) is 3.57. The summed E-state index contributed by atoms with van der Waals surface area (Å²) in [5, 5.41) is 11.3. The molecule has 0 spiro atoms. The van der Waals surface area contributed by atoms with Gasteiger partial charge in [-0.2, -0.15) is 0 Å². The van der Waals surface area contributed by atoms with Gasteiger partial charge in [-0.25, -0.2) is 4.39 Å². The molecule has 2 aliphatic rings. The van der Waals surface area contributed by atoms with E-state index in [1.165, 1.54) is 12.1 Å². The van der Waals surface area contributed by atoms with Gasteiger partial charge in [0.2, 0.25) is 0 Å². The van der Waals surface area contributed by atoms with Gasteiger partial charge in [-0.15, -0.1) is 0 Å². The summed E-state index contributed by atoms with van der Waals surface area (Å²) in [4.78, 5) is 2.12. The van der Waals surface area contributed by atoms with Crippen LogP contribution in [-0.2, 0) is 10.3 Å². The molecule has 0 aromatic heterocycles. The van der Waals surface area contributed by atoms with Crippen molar-refractivity contribution >= 4 is 0 Å². The van der Waals surface area contributed by atoms with Crippen LogP contribution in [0.25, 0.3) is 0 Å². The van der Waals surface area contributed by atoms with Gasteiger partial charge < -0.3 is 14.7 Å². The van der Waals surface area contributed by atoms with Gasteiger partial charge in [0, 0.05) is 12.5 Å². The topological polar surface area (TPSA) is 32.7 Å². The Balaban J connectivity index is 1.90. The Morgan fingerprint density at radius 1 is 1.16 bits per heavy atom. The molecule has 4 heteroatoms. The molecule has 1 saturated heterocycles. The number of hydrogen-bond acceptors (Lipinski definition) is 3. The fourth-order valence-electron chi connectivity index (χ4n) is 4.49. The molecule has 4 atom stereocenters. The molecule has 0 radical (unpaired) electrons. The van der Waals surface area contributed by atoms with Crippen LogP contribution in [-0.4, -0.2) is 36.8 Å². The predicted molar refractivity (Wildman–Crippen MR) is 95.0 cm³/mol. The first-order valence-electron chi connectivity index (χ1n) is 8.80. The van der Waals surface area contributed by atoms with Crippen molar-refractivity contribution in [2.45, 2.75) is 37.1 Å². The number of halogens is 1. The quantitative estimate of drug-likeness (QED) is 0.906. The normalized spacial score (nSPS) is 30.6. The molecule has 0 bridgehead atoms. The van der Waals surface area contributed by atoms with Gasteiger partial charge >= 0.3 is 0 Å². The molecule has 0 saturated carbocycles.